The summed E-state index contributed by atoms with van der Waals surface area (Å²) in [5, 5.41) is 1.14. The van der Waals surface area contributed by atoms with E-state index in [2.05, 4.69) is 27.8 Å². The van der Waals surface area contributed by atoms with Crippen LogP contribution < -0.4 is 0 Å². The Hall–Kier alpha value is -0.120. The van der Waals surface area contributed by atoms with E-state index in [1.807, 2.05) is 0 Å². The summed E-state index contributed by atoms with van der Waals surface area (Å²) in [6.45, 7) is 4.86. The second-order valence-corrected chi connectivity index (χ2v) is 4.51. The van der Waals surface area contributed by atoms with Crippen molar-refractivity contribution < 1.29 is 4.39 Å². The van der Waals surface area contributed by atoms with Crippen LogP contribution in [0.25, 0.3) is 0 Å². The first-order valence-electron chi connectivity index (χ1n) is 4.89. The van der Waals surface area contributed by atoms with Crippen molar-refractivity contribution in [1.82, 2.24) is 4.90 Å². The molecule has 0 aliphatic carbocycles. The summed E-state index contributed by atoms with van der Waals surface area (Å²) in [6.07, 6.45) is 0. The zero-order chi connectivity index (χ0) is 11.3. The number of alkyl halides is 1. The van der Waals surface area contributed by atoms with Crippen molar-refractivity contribution in [1.29, 1.82) is 0 Å². The van der Waals surface area contributed by atoms with Gasteiger partial charge in [-0.1, -0.05) is 40.5 Å². The molecule has 0 unspecified atom stereocenters. The van der Waals surface area contributed by atoms with Crippen LogP contribution in [-0.2, 0) is 6.54 Å². The smallest absolute Gasteiger partial charge is 0.141 e. The standard InChI is InChI=1S/C11H14BrClFN/c1-2-15(6-5-12)8-9-3-4-11(14)10(13)7-9/h3-4,7H,2,5-6,8H2,1H3. The van der Waals surface area contributed by atoms with Crippen molar-refractivity contribution in [2.24, 2.45) is 0 Å². The minimum atomic E-state index is -0.357. The third-order valence-corrected chi connectivity index (χ3v) is 2.88. The molecule has 0 amide bonds. The summed E-state index contributed by atoms with van der Waals surface area (Å²) in [5.41, 5.74) is 1.05. The van der Waals surface area contributed by atoms with Gasteiger partial charge in [0.05, 0.1) is 5.02 Å². The third-order valence-electron chi connectivity index (χ3n) is 2.24. The summed E-state index contributed by atoms with van der Waals surface area (Å²) in [4.78, 5) is 2.26. The van der Waals surface area contributed by atoms with Crippen LogP contribution in [0.4, 0.5) is 4.39 Å². The number of hydrogen-bond donors (Lipinski definition) is 0. The number of nitrogens with zero attached hydrogens (tertiary/aromatic N) is 1. The Morgan fingerprint density at radius 1 is 1.47 bits per heavy atom. The Morgan fingerprint density at radius 2 is 2.20 bits per heavy atom. The molecule has 0 fully saturated rings. The topological polar surface area (TPSA) is 3.24 Å². The zero-order valence-electron chi connectivity index (χ0n) is 8.64. The first-order valence-corrected chi connectivity index (χ1v) is 6.39. The Bertz CT molecular complexity index is 319. The molecule has 15 heavy (non-hydrogen) atoms. The van der Waals surface area contributed by atoms with Crippen LogP contribution in [0.5, 0.6) is 0 Å². The highest BCUT2D eigenvalue weighted by Crippen LogP contribution is 2.17. The monoisotopic (exact) mass is 293 g/mol. The minimum absolute atomic E-state index is 0.197. The molecule has 0 bridgehead atoms. The van der Waals surface area contributed by atoms with E-state index in [9.17, 15) is 4.39 Å². The van der Waals surface area contributed by atoms with E-state index >= 15 is 0 Å². The zero-order valence-corrected chi connectivity index (χ0v) is 11.0. The maximum atomic E-state index is 12.9. The van der Waals surface area contributed by atoms with Gasteiger partial charge in [-0.2, -0.15) is 0 Å². The molecule has 0 heterocycles. The normalized spacial score (nSPS) is 11.0. The molecule has 1 aromatic rings. The van der Waals surface area contributed by atoms with Crippen LogP contribution in [0.2, 0.25) is 5.02 Å². The second kappa shape index (κ2) is 6.46. The Balaban J connectivity index is 2.66. The van der Waals surface area contributed by atoms with Gasteiger partial charge in [0.25, 0.3) is 0 Å². The van der Waals surface area contributed by atoms with Gasteiger partial charge in [-0.05, 0) is 24.2 Å². The molecule has 0 saturated heterocycles. The molecule has 0 N–H and O–H groups in total. The molecule has 0 aromatic heterocycles. The molecule has 1 aromatic carbocycles. The largest absolute Gasteiger partial charge is 0.299 e. The minimum Gasteiger partial charge on any atom is -0.299 e. The molecule has 0 spiro atoms. The number of hydrogen-bond acceptors (Lipinski definition) is 1. The average Bonchev–Trinajstić information content (AvgIpc) is 2.23. The van der Waals surface area contributed by atoms with Gasteiger partial charge in [-0.3, -0.25) is 4.90 Å². The van der Waals surface area contributed by atoms with Crippen LogP contribution in [0.1, 0.15) is 12.5 Å². The van der Waals surface area contributed by atoms with Gasteiger partial charge in [0.15, 0.2) is 0 Å². The fourth-order valence-corrected chi connectivity index (χ4v) is 2.07. The summed E-state index contributed by atoms with van der Waals surface area (Å²) in [6, 6.07) is 4.88. The molecule has 1 nitrogen and oxygen atoms in total. The molecule has 84 valence electrons. The maximum Gasteiger partial charge on any atom is 0.141 e. The summed E-state index contributed by atoms with van der Waals surface area (Å²) >= 11 is 9.12. The molecule has 4 heteroatoms. The first-order chi connectivity index (χ1) is 7.17. The maximum absolute atomic E-state index is 12.9. The van der Waals surface area contributed by atoms with Crippen molar-refractivity contribution in [3.8, 4) is 0 Å². The Morgan fingerprint density at radius 3 is 2.73 bits per heavy atom. The van der Waals surface area contributed by atoms with Crippen LogP contribution in [-0.4, -0.2) is 23.3 Å². The Labute approximate surface area is 103 Å². The lowest BCUT2D eigenvalue weighted by atomic mass is 10.2. The van der Waals surface area contributed by atoms with Gasteiger partial charge in [-0.15, -0.1) is 0 Å². The molecule has 0 aliphatic heterocycles. The third kappa shape index (κ3) is 4.09. The van der Waals surface area contributed by atoms with Gasteiger partial charge in [-0.25, -0.2) is 4.39 Å². The molecular formula is C11H14BrClFN. The van der Waals surface area contributed by atoms with Crippen LogP contribution in [0.3, 0.4) is 0 Å². The van der Waals surface area contributed by atoms with E-state index in [1.54, 1.807) is 12.1 Å². The summed E-state index contributed by atoms with van der Waals surface area (Å²) in [7, 11) is 0. The lowest BCUT2D eigenvalue weighted by Crippen LogP contribution is -2.24. The fraction of sp³-hybridized carbons (Fsp3) is 0.455. The van der Waals surface area contributed by atoms with E-state index in [-0.39, 0.29) is 10.8 Å². The Kier molecular flexibility index (Phi) is 5.58. The van der Waals surface area contributed by atoms with Crippen molar-refractivity contribution in [2.75, 3.05) is 18.4 Å². The summed E-state index contributed by atoms with van der Waals surface area (Å²) < 4.78 is 12.9. The lowest BCUT2D eigenvalue weighted by molar-refractivity contribution is 0.299. The lowest BCUT2D eigenvalue weighted by Gasteiger charge is -2.19. The first kappa shape index (κ1) is 12.9. The predicted octanol–water partition coefficient (Wildman–Crippen LogP) is 3.70. The molecular weight excluding hydrogens is 280 g/mol. The molecule has 0 radical (unpaired) electrons. The van der Waals surface area contributed by atoms with E-state index < -0.39 is 0 Å². The quantitative estimate of drug-likeness (QED) is 0.749. The van der Waals surface area contributed by atoms with E-state index in [0.29, 0.717) is 0 Å². The van der Waals surface area contributed by atoms with Crippen LogP contribution in [0, 0.1) is 5.82 Å². The molecule has 1 rings (SSSR count). The molecule has 0 saturated carbocycles. The second-order valence-electron chi connectivity index (χ2n) is 3.31. The number of benzene rings is 1. The van der Waals surface area contributed by atoms with E-state index in [1.165, 1.54) is 6.07 Å². The van der Waals surface area contributed by atoms with E-state index in [0.717, 1.165) is 30.5 Å². The number of halogens is 3. The van der Waals surface area contributed by atoms with E-state index in [4.69, 9.17) is 11.6 Å². The van der Waals surface area contributed by atoms with Crippen LogP contribution >= 0.6 is 27.5 Å². The van der Waals surface area contributed by atoms with Crippen molar-refractivity contribution >= 4 is 27.5 Å². The van der Waals surface area contributed by atoms with Crippen molar-refractivity contribution in [3.63, 3.8) is 0 Å². The summed E-state index contributed by atoms with van der Waals surface area (Å²) in [5.74, 6) is -0.357. The number of rotatable bonds is 5. The van der Waals surface area contributed by atoms with Gasteiger partial charge in [0, 0.05) is 18.4 Å². The molecule has 0 aliphatic rings. The molecule has 0 atom stereocenters. The van der Waals surface area contributed by atoms with Crippen LogP contribution in [0.15, 0.2) is 18.2 Å². The van der Waals surface area contributed by atoms with Gasteiger partial charge in [0.2, 0.25) is 0 Å². The highest BCUT2D eigenvalue weighted by molar-refractivity contribution is 9.09. The predicted molar refractivity (Wildman–Crippen MR) is 66.2 cm³/mol. The highest BCUT2D eigenvalue weighted by atomic mass is 79.9. The van der Waals surface area contributed by atoms with Gasteiger partial charge >= 0.3 is 0 Å². The van der Waals surface area contributed by atoms with Gasteiger partial charge in [0.1, 0.15) is 5.82 Å². The fourth-order valence-electron chi connectivity index (χ4n) is 1.36. The van der Waals surface area contributed by atoms with Crippen molar-refractivity contribution in [3.05, 3.63) is 34.6 Å². The van der Waals surface area contributed by atoms with Crippen molar-refractivity contribution in [2.45, 2.75) is 13.5 Å². The average molecular weight is 295 g/mol. The highest BCUT2D eigenvalue weighted by Gasteiger charge is 2.05. The SMILES string of the molecule is CCN(CCBr)Cc1ccc(F)c(Cl)c1. The van der Waals surface area contributed by atoms with Gasteiger partial charge < -0.3 is 0 Å².